The van der Waals surface area contributed by atoms with Crippen molar-refractivity contribution in [2.24, 2.45) is 0 Å². The zero-order valence-electron chi connectivity index (χ0n) is 12.4. The average molecular weight is 265 g/mol. The SMILES string of the molecule is CCc1ccccc1OCCCC(CC)(CO)NC. The fourth-order valence-electron chi connectivity index (χ4n) is 2.28. The fourth-order valence-corrected chi connectivity index (χ4v) is 2.28. The van der Waals surface area contributed by atoms with Crippen LogP contribution in [0.3, 0.4) is 0 Å². The van der Waals surface area contributed by atoms with Gasteiger partial charge in [0.15, 0.2) is 0 Å². The lowest BCUT2D eigenvalue weighted by molar-refractivity contribution is 0.145. The third-order valence-electron chi connectivity index (χ3n) is 3.92. The summed E-state index contributed by atoms with van der Waals surface area (Å²) < 4.78 is 5.85. The van der Waals surface area contributed by atoms with E-state index in [9.17, 15) is 5.11 Å². The van der Waals surface area contributed by atoms with Crippen molar-refractivity contribution in [3.63, 3.8) is 0 Å². The van der Waals surface area contributed by atoms with Crippen LogP contribution in [0.1, 0.15) is 38.7 Å². The number of nitrogens with one attached hydrogen (secondary N) is 1. The second-order valence-electron chi connectivity index (χ2n) is 4.96. The molecule has 1 aromatic rings. The van der Waals surface area contributed by atoms with E-state index in [1.165, 1.54) is 5.56 Å². The number of likely N-dealkylation sites (N-methyl/N-ethyl adjacent to an activating group) is 1. The molecule has 19 heavy (non-hydrogen) atoms. The van der Waals surface area contributed by atoms with E-state index in [1.807, 2.05) is 25.2 Å². The van der Waals surface area contributed by atoms with E-state index in [-0.39, 0.29) is 12.1 Å². The first-order valence-corrected chi connectivity index (χ1v) is 7.21. The van der Waals surface area contributed by atoms with Gasteiger partial charge >= 0.3 is 0 Å². The molecule has 0 aliphatic rings. The molecule has 0 saturated carbocycles. The molecule has 0 aliphatic heterocycles. The van der Waals surface area contributed by atoms with Crippen LogP contribution in [0, 0.1) is 0 Å². The van der Waals surface area contributed by atoms with Crippen LogP contribution in [0.15, 0.2) is 24.3 Å². The molecular weight excluding hydrogens is 238 g/mol. The van der Waals surface area contributed by atoms with Gasteiger partial charge in [-0.15, -0.1) is 0 Å². The average Bonchev–Trinajstić information content (AvgIpc) is 2.48. The number of aliphatic hydroxyl groups is 1. The van der Waals surface area contributed by atoms with Crippen molar-refractivity contribution >= 4 is 0 Å². The van der Waals surface area contributed by atoms with Crippen LogP contribution >= 0.6 is 0 Å². The van der Waals surface area contributed by atoms with E-state index in [0.717, 1.165) is 31.4 Å². The number of aryl methyl sites for hydroxylation is 1. The molecule has 1 rings (SSSR count). The Labute approximate surface area is 117 Å². The minimum absolute atomic E-state index is 0.159. The standard InChI is InChI=1S/C16H27NO2/c1-4-14-9-6-7-10-15(14)19-12-8-11-16(5-2,13-18)17-3/h6-7,9-10,17-18H,4-5,8,11-13H2,1-3H3. The Morgan fingerprint density at radius 3 is 2.58 bits per heavy atom. The summed E-state index contributed by atoms with van der Waals surface area (Å²) in [5, 5.41) is 12.7. The molecule has 3 nitrogen and oxygen atoms in total. The summed E-state index contributed by atoms with van der Waals surface area (Å²) >= 11 is 0. The van der Waals surface area contributed by atoms with Crippen LogP contribution < -0.4 is 10.1 Å². The molecule has 1 atom stereocenters. The van der Waals surface area contributed by atoms with Gasteiger partial charge in [0.1, 0.15) is 5.75 Å². The molecule has 108 valence electrons. The highest BCUT2D eigenvalue weighted by atomic mass is 16.5. The maximum absolute atomic E-state index is 9.47. The molecule has 0 spiro atoms. The van der Waals surface area contributed by atoms with Gasteiger partial charge in [-0.05, 0) is 44.4 Å². The van der Waals surface area contributed by atoms with Gasteiger partial charge < -0.3 is 15.2 Å². The minimum Gasteiger partial charge on any atom is -0.493 e. The predicted octanol–water partition coefficient (Wildman–Crippen LogP) is 2.77. The monoisotopic (exact) mass is 265 g/mol. The highest BCUT2D eigenvalue weighted by Gasteiger charge is 2.24. The maximum Gasteiger partial charge on any atom is 0.122 e. The van der Waals surface area contributed by atoms with E-state index in [0.29, 0.717) is 6.61 Å². The molecular formula is C16H27NO2. The van der Waals surface area contributed by atoms with Crippen molar-refractivity contribution in [3.8, 4) is 5.75 Å². The van der Waals surface area contributed by atoms with Gasteiger partial charge in [-0.25, -0.2) is 0 Å². The Hall–Kier alpha value is -1.06. The first-order chi connectivity index (χ1) is 9.21. The van der Waals surface area contributed by atoms with E-state index in [4.69, 9.17) is 4.74 Å². The number of ether oxygens (including phenoxy) is 1. The molecule has 1 unspecified atom stereocenters. The molecule has 0 bridgehead atoms. The van der Waals surface area contributed by atoms with Crippen LogP contribution in [0.4, 0.5) is 0 Å². The molecule has 2 N–H and O–H groups in total. The molecule has 3 heteroatoms. The summed E-state index contributed by atoms with van der Waals surface area (Å²) in [6.07, 6.45) is 3.77. The van der Waals surface area contributed by atoms with Gasteiger partial charge in [-0.3, -0.25) is 0 Å². The Bertz CT molecular complexity index is 353. The Morgan fingerprint density at radius 2 is 2.00 bits per heavy atom. The van der Waals surface area contributed by atoms with Gasteiger partial charge in [0.05, 0.1) is 13.2 Å². The molecule has 1 aromatic carbocycles. The van der Waals surface area contributed by atoms with E-state index in [1.54, 1.807) is 0 Å². The lowest BCUT2D eigenvalue weighted by atomic mass is 9.92. The number of benzene rings is 1. The summed E-state index contributed by atoms with van der Waals surface area (Å²) in [5.41, 5.74) is 1.09. The Kier molecular flexibility index (Phi) is 6.89. The zero-order chi connectivity index (χ0) is 14.1. The highest BCUT2D eigenvalue weighted by molar-refractivity contribution is 5.33. The lowest BCUT2D eigenvalue weighted by Crippen LogP contribution is -2.46. The van der Waals surface area contributed by atoms with Crippen molar-refractivity contribution in [2.45, 2.75) is 45.1 Å². The largest absolute Gasteiger partial charge is 0.493 e. The summed E-state index contributed by atoms with van der Waals surface area (Å²) in [5.74, 6) is 0.987. The van der Waals surface area contributed by atoms with Crippen molar-refractivity contribution < 1.29 is 9.84 Å². The minimum atomic E-state index is -0.159. The van der Waals surface area contributed by atoms with Gasteiger partial charge in [0.2, 0.25) is 0 Å². The third kappa shape index (κ3) is 4.51. The summed E-state index contributed by atoms with van der Waals surface area (Å²) in [6, 6.07) is 8.18. The number of rotatable bonds is 9. The normalized spacial score (nSPS) is 14.1. The lowest BCUT2D eigenvalue weighted by Gasteiger charge is -2.30. The zero-order valence-corrected chi connectivity index (χ0v) is 12.4. The van der Waals surface area contributed by atoms with Gasteiger partial charge in [0, 0.05) is 5.54 Å². The Balaban J connectivity index is 2.42. The quantitative estimate of drug-likeness (QED) is 0.675. The highest BCUT2D eigenvalue weighted by Crippen LogP contribution is 2.20. The second kappa shape index (κ2) is 8.18. The number of hydrogen-bond acceptors (Lipinski definition) is 3. The summed E-state index contributed by atoms with van der Waals surface area (Å²) in [6.45, 7) is 5.10. The molecule has 0 heterocycles. The second-order valence-corrected chi connectivity index (χ2v) is 4.96. The van der Waals surface area contributed by atoms with Gasteiger partial charge in [-0.1, -0.05) is 32.0 Å². The maximum atomic E-state index is 9.47. The van der Waals surface area contributed by atoms with Gasteiger partial charge in [0.25, 0.3) is 0 Å². The first-order valence-electron chi connectivity index (χ1n) is 7.21. The molecule has 0 aromatic heterocycles. The Morgan fingerprint density at radius 1 is 1.26 bits per heavy atom. The smallest absolute Gasteiger partial charge is 0.122 e. The summed E-state index contributed by atoms with van der Waals surface area (Å²) in [4.78, 5) is 0. The van der Waals surface area contributed by atoms with Crippen LogP contribution in [0.2, 0.25) is 0 Å². The first kappa shape index (κ1) is 16.0. The van der Waals surface area contributed by atoms with Crippen molar-refractivity contribution in [1.29, 1.82) is 0 Å². The molecule has 0 saturated heterocycles. The van der Waals surface area contributed by atoms with Crippen molar-refractivity contribution in [1.82, 2.24) is 5.32 Å². The molecule has 0 fully saturated rings. The summed E-state index contributed by atoms with van der Waals surface area (Å²) in [7, 11) is 1.91. The van der Waals surface area contributed by atoms with Crippen molar-refractivity contribution in [2.75, 3.05) is 20.3 Å². The fraction of sp³-hybridized carbons (Fsp3) is 0.625. The van der Waals surface area contributed by atoms with Crippen LogP contribution in [-0.4, -0.2) is 30.9 Å². The van der Waals surface area contributed by atoms with Crippen LogP contribution in [-0.2, 0) is 6.42 Å². The van der Waals surface area contributed by atoms with Crippen molar-refractivity contribution in [3.05, 3.63) is 29.8 Å². The predicted molar refractivity (Wildman–Crippen MR) is 79.7 cm³/mol. The van der Waals surface area contributed by atoms with Crippen LogP contribution in [0.5, 0.6) is 5.75 Å². The van der Waals surface area contributed by atoms with E-state index < -0.39 is 0 Å². The topological polar surface area (TPSA) is 41.5 Å². The van der Waals surface area contributed by atoms with E-state index in [2.05, 4.69) is 25.2 Å². The molecule has 0 aliphatic carbocycles. The van der Waals surface area contributed by atoms with E-state index >= 15 is 0 Å². The number of para-hydroxylation sites is 1. The third-order valence-corrected chi connectivity index (χ3v) is 3.92. The molecule has 0 amide bonds. The molecule has 0 radical (unpaired) electrons. The van der Waals surface area contributed by atoms with Gasteiger partial charge in [-0.2, -0.15) is 0 Å². The number of aliphatic hydroxyl groups excluding tert-OH is 1. The van der Waals surface area contributed by atoms with Crippen LogP contribution in [0.25, 0.3) is 0 Å². The number of hydrogen-bond donors (Lipinski definition) is 2.